The fourth-order valence-corrected chi connectivity index (χ4v) is 4.83. The Morgan fingerprint density at radius 1 is 1.10 bits per heavy atom. The van der Waals surface area contributed by atoms with Gasteiger partial charge in [0.15, 0.2) is 5.41 Å². The van der Waals surface area contributed by atoms with Crippen LogP contribution in [0.15, 0.2) is 77.5 Å². The van der Waals surface area contributed by atoms with Crippen molar-refractivity contribution in [2.24, 2.45) is 17.1 Å². The second-order valence-electron chi connectivity index (χ2n) is 8.08. The molecule has 6 nitrogen and oxygen atoms in total. The van der Waals surface area contributed by atoms with Crippen molar-refractivity contribution in [1.82, 2.24) is 4.90 Å². The van der Waals surface area contributed by atoms with Crippen LogP contribution >= 0.6 is 0 Å². The standard InChI is InChI=1S/C25H22N4O2/c1-29-12-11-19-20(13-29)22(25(14-26,15-27)23(28)21(19)24(30)31)18-9-7-17(8-10-18)16-5-3-2-4-6-16/h2-11,20,22H,12-13,28H2,1H3,(H,30,31)/t20-,22-/m1/s1. The summed E-state index contributed by atoms with van der Waals surface area (Å²) in [5.74, 6) is -2.12. The van der Waals surface area contributed by atoms with Gasteiger partial charge in [-0.25, -0.2) is 4.79 Å². The van der Waals surface area contributed by atoms with Gasteiger partial charge in [-0.15, -0.1) is 0 Å². The predicted molar refractivity (Wildman–Crippen MR) is 116 cm³/mol. The molecule has 6 heteroatoms. The second kappa shape index (κ2) is 7.75. The number of nitrogens with zero attached hydrogens (tertiary/aromatic N) is 3. The highest BCUT2D eigenvalue weighted by Crippen LogP contribution is 2.54. The van der Waals surface area contributed by atoms with Crippen molar-refractivity contribution >= 4 is 5.97 Å². The maximum absolute atomic E-state index is 12.1. The van der Waals surface area contributed by atoms with Crippen LogP contribution in [0, 0.1) is 34.0 Å². The lowest BCUT2D eigenvalue weighted by molar-refractivity contribution is -0.132. The number of nitrogens with two attached hydrogens (primary N) is 1. The number of benzene rings is 2. The van der Waals surface area contributed by atoms with E-state index in [0.717, 1.165) is 16.7 Å². The van der Waals surface area contributed by atoms with Crippen LogP contribution in [0.4, 0.5) is 0 Å². The van der Waals surface area contributed by atoms with Gasteiger partial charge in [0.05, 0.1) is 23.4 Å². The van der Waals surface area contributed by atoms with Gasteiger partial charge in [0.25, 0.3) is 0 Å². The summed E-state index contributed by atoms with van der Waals surface area (Å²) >= 11 is 0. The Labute approximate surface area is 181 Å². The van der Waals surface area contributed by atoms with Crippen LogP contribution in [0.2, 0.25) is 0 Å². The normalized spacial score (nSPS) is 22.6. The number of nitriles is 2. The molecule has 1 aliphatic carbocycles. The molecular formula is C25H22N4O2. The van der Waals surface area contributed by atoms with E-state index in [9.17, 15) is 20.4 Å². The van der Waals surface area contributed by atoms with Gasteiger partial charge in [0.1, 0.15) is 0 Å². The number of likely N-dealkylation sites (N-methyl/N-ethyl adjacent to an activating group) is 1. The summed E-state index contributed by atoms with van der Waals surface area (Å²) in [4.78, 5) is 14.1. The number of rotatable bonds is 3. The predicted octanol–water partition coefficient (Wildman–Crippen LogP) is 3.27. The number of hydrogen-bond donors (Lipinski definition) is 2. The van der Waals surface area contributed by atoms with Gasteiger partial charge in [0, 0.05) is 24.9 Å². The Kier molecular flexibility index (Phi) is 5.10. The molecule has 31 heavy (non-hydrogen) atoms. The van der Waals surface area contributed by atoms with Crippen LogP contribution in [-0.2, 0) is 4.79 Å². The van der Waals surface area contributed by atoms with Gasteiger partial charge in [0.2, 0.25) is 0 Å². The largest absolute Gasteiger partial charge is 0.478 e. The first-order valence-electron chi connectivity index (χ1n) is 10.0. The summed E-state index contributed by atoms with van der Waals surface area (Å²) in [5, 5.41) is 30.1. The summed E-state index contributed by atoms with van der Waals surface area (Å²) in [6.07, 6.45) is 1.86. The van der Waals surface area contributed by atoms with Gasteiger partial charge in [-0.1, -0.05) is 60.7 Å². The lowest BCUT2D eigenvalue weighted by Gasteiger charge is -2.45. The SMILES string of the molecule is CN1CC=C2C(C(=O)O)=C(N)C(C#N)(C#N)[C@H](c3ccc(-c4ccccc4)cc3)[C@@H]2C1. The molecule has 4 rings (SSSR count). The maximum atomic E-state index is 12.1. The quantitative estimate of drug-likeness (QED) is 0.803. The first kappa shape index (κ1) is 20.4. The molecule has 1 heterocycles. The Morgan fingerprint density at radius 2 is 1.71 bits per heavy atom. The van der Waals surface area contributed by atoms with Crippen LogP contribution in [-0.4, -0.2) is 36.1 Å². The second-order valence-corrected chi connectivity index (χ2v) is 8.08. The summed E-state index contributed by atoms with van der Waals surface area (Å²) in [6, 6.07) is 21.9. The smallest absolute Gasteiger partial charge is 0.337 e. The maximum Gasteiger partial charge on any atom is 0.337 e. The van der Waals surface area contributed by atoms with E-state index in [1.807, 2.05) is 67.7 Å². The van der Waals surface area contributed by atoms with Crippen LogP contribution in [0.25, 0.3) is 11.1 Å². The van der Waals surface area contributed by atoms with E-state index in [2.05, 4.69) is 17.0 Å². The third-order valence-corrected chi connectivity index (χ3v) is 6.33. The van der Waals surface area contributed by atoms with Crippen molar-refractivity contribution in [3.63, 3.8) is 0 Å². The molecule has 0 spiro atoms. The molecule has 0 amide bonds. The lowest BCUT2D eigenvalue weighted by Crippen LogP contribution is -2.48. The van der Waals surface area contributed by atoms with Crippen LogP contribution in [0.5, 0.6) is 0 Å². The third-order valence-electron chi connectivity index (χ3n) is 6.33. The van der Waals surface area contributed by atoms with Crippen molar-refractivity contribution in [3.8, 4) is 23.3 Å². The minimum Gasteiger partial charge on any atom is -0.478 e. The number of hydrogen-bond acceptors (Lipinski definition) is 5. The summed E-state index contributed by atoms with van der Waals surface area (Å²) in [5.41, 5.74) is 7.73. The van der Waals surface area contributed by atoms with Crippen molar-refractivity contribution in [1.29, 1.82) is 10.5 Å². The summed E-state index contributed by atoms with van der Waals surface area (Å²) in [7, 11) is 1.94. The molecule has 0 aromatic heterocycles. The molecule has 3 N–H and O–H groups in total. The Morgan fingerprint density at radius 3 is 2.29 bits per heavy atom. The molecule has 2 atom stereocenters. The minimum absolute atomic E-state index is 0.0987. The Bertz CT molecular complexity index is 1150. The van der Waals surface area contributed by atoms with E-state index in [4.69, 9.17) is 5.73 Å². The molecule has 2 aromatic carbocycles. The zero-order valence-corrected chi connectivity index (χ0v) is 17.1. The van der Waals surface area contributed by atoms with Gasteiger partial charge >= 0.3 is 5.97 Å². The highest BCUT2D eigenvalue weighted by Gasteiger charge is 2.55. The topological polar surface area (TPSA) is 114 Å². The third kappa shape index (κ3) is 3.18. The molecule has 0 radical (unpaired) electrons. The highest BCUT2D eigenvalue weighted by molar-refractivity contribution is 5.94. The molecule has 2 aromatic rings. The van der Waals surface area contributed by atoms with Crippen molar-refractivity contribution in [3.05, 3.63) is 83.1 Å². The average molecular weight is 410 g/mol. The summed E-state index contributed by atoms with van der Waals surface area (Å²) < 4.78 is 0. The number of carboxylic acid groups (broad SMARTS) is 1. The molecule has 0 unspecified atom stereocenters. The monoisotopic (exact) mass is 410 g/mol. The van der Waals surface area contributed by atoms with Crippen LogP contribution in [0.1, 0.15) is 11.5 Å². The number of allylic oxidation sites excluding steroid dienone is 1. The van der Waals surface area contributed by atoms with Gasteiger partial charge in [-0.3, -0.25) is 0 Å². The van der Waals surface area contributed by atoms with Crippen molar-refractivity contribution < 1.29 is 9.90 Å². The summed E-state index contributed by atoms with van der Waals surface area (Å²) in [6.45, 7) is 1.12. The highest BCUT2D eigenvalue weighted by atomic mass is 16.4. The molecule has 0 saturated carbocycles. The van der Waals surface area contributed by atoms with Gasteiger partial charge < -0.3 is 15.7 Å². The fraction of sp³-hybridized carbons (Fsp3) is 0.240. The Balaban J connectivity index is 1.90. The Hall–Kier alpha value is -3.87. The molecule has 0 saturated heterocycles. The van der Waals surface area contributed by atoms with Crippen LogP contribution < -0.4 is 5.73 Å². The van der Waals surface area contributed by atoms with E-state index in [1.54, 1.807) is 0 Å². The molecule has 0 fully saturated rings. The minimum atomic E-state index is -1.76. The molecule has 1 aliphatic heterocycles. The van der Waals surface area contributed by atoms with Gasteiger partial charge in [-0.05, 0) is 29.3 Å². The van der Waals surface area contributed by atoms with Crippen LogP contribution in [0.3, 0.4) is 0 Å². The number of carboxylic acids is 1. The number of aliphatic carboxylic acids is 1. The van der Waals surface area contributed by atoms with E-state index < -0.39 is 17.3 Å². The molecule has 2 aliphatic rings. The molecule has 154 valence electrons. The van der Waals surface area contributed by atoms with E-state index in [1.165, 1.54) is 0 Å². The van der Waals surface area contributed by atoms with E-state index in [0.29, 0.717) is 18.7 Å². The zero-order chi connectivity index (χ0) is 22.2. The zero-order valence-electron chi connectivity index (χ0n) is 17.1. The average Bonchev–Trinajstić information content (AvgIpc) is 2.79. The van der Waals surface area contributed by atoms with Gasteiger partial charge in [-0.2, -0.15) is 10.5 Å². The lowest BCUT2D eigenvalue weighted by atomic mass is 9.58. The number of carbonyl (C=O) groups is 1. The first-order valence-corrected chi connectivity index (χ1v) is 10.0. The molecule has 0 bridgehead atoms. The van der Waals surface area contributed by atoms with Crippen molar-refractivity contribution in [2.75, 3.05) is 20.1 Å². The van der Waals surface area contributed by atoms with E-state index in [-0.39, 0.29) is 17.2 Å². The van der Waals surface area contributed by atoms with Crippen molar-refractivity contribution in [2.45, 2.75) is 5.92 Å². The fourth-order valence-electron chi connectivity index (χ4n) is 4.83. The first-order chi connectivity index (χ1) is 14.9. The van der Waals surface area contributed by atoms with E-state index >= 15 is 0 Å². The molecular weight excluding hydrogens is 388 g/mol. The number of fused-ring (bicyclic) bond motifs is 1.